The van der Waals surface area contributed by atoms with E-state index in [-0.39, 0.29) is 40.7 Å². The lowest BCUT2D eigenvalue weighted by atomic mass is 10.1. The monoisotopic (exact) mass is 285 g/mol. The summed E-state index contributed by atoms with van der Waals surface area (Å²) in [5.74, 6) is 0.554. The van der Waals surface area contributed by atoms with E-state index in [9.17, 15) is 13.2 Å². The fraction of sp³-hybridized carbons (Fsp3) is 0.786. The van der Waals surface area contributed by atoms with Gasteiger partial charge >= 0.3 is 0 Å². The second kappa shape index (κ2) is 4.62. The van der Waals surface area contributed by atoms with Crippen molar-refractivity contribution in [3.63, 3.8) is 0 Å². The molecule has 1 saturated carbocycles. The Morgan fingerprint density at radius 2 is 1.95 bits per heavy atom. The minimum absolute atomic E-state index is 0.00889. The lowest BCUT2D eigenvalue weighted by Crippen LogP contribution is -2.37. The van der Waals surface area contributed by atoms with E-state index in [1.807, 2.05) is 13.8 Å². The van der Waals surface area contributed by atoms with Crippen molar-refractivity contribution in [2.24, 2.45) is 17.3 Å². The van der Waals surface area contributed by atoms with Gasteiger partial charge < -0.3 is 5.32 Å². The van der Waals surface area contributed by atoms with Crippen LogP contribution in [0.5, 0.6) is 0 Å². The van der Waals surface area contributed by atoms with Crippen molar-refractivity contribution in [1.29, 1.82) is 0 Å². The molecule has 2 aliphatic rings. The Kier molecular flexibility index (Phi) is 3.54. The molecule has 108 valence electrons. The molecule has 0 aromatic heterocycles. The Morgan fingerprint density at radius 1 is 1.32 bits per heavy atom. The summed E-state index contributed by atoms with van der Waals surface area (Å²) < 4.78 is 22.8. The Balaban J connectivity index is 1.97. The van der Waals surface area contributed by atoms with Gasteiger partial charge in [0.25, 0.3) is 0 Å². The molecule has 2 rings (SSSR count). The standard InChI is InChI=1S/C14H23NO3S/c1-9(2)7-11-12(14(11,3)4)13(16)15-10-5-6-19(17,18)8-10/h7,10-12H,5-6,8H2,1-4H3,(H,15,16)/t10-,11+,12+/m0/s1. The van der Waals surface area contributed by atoms with Crippen LogP contribution in [-0.4, -0.2) is 31.9 Å². The third kappa shape index (κ3) is 3.02. The van der Waals surface area contributed by atoms with Gasteiger partial charge in [-0.05, 0) is 31.6 Å². The Labute approximate surface area is 115 Å². The maximum atomic E-state index is 12.2. The van der Waals surface area contributed by atoms with Gasteiger partial charge in [-0.2, -0.15) is 0 Å². The molecule has 1 heterocycles. The molecule has 0 aromatic rings. The molecule has 5 heteroatoms. The van der Waals surface area contributed by atoms with E-state index in [0.29, 0.717) is 6.42 Å². The first kappa shape index (κ1) is 14.6. The van der Waals surface area contributed by atoms with Crippen molar-refractivity contribution in [3.05, 3.63) is 11.6 Å². The van der Waals surface area contributed by atoms with Gasteiger partial charge in [-0.15, -0.1) is 0 Å². The fourth-order valence-electron chi connectivity index (χ4n) is 3.05. The molecule has 0 spiro atoms. The van der Waals surface area contributed by atoms with Gasteiger partial charge in [-0.3, -0.25) is 4.79 Å². The number of allylic oxidation sites excluding steroid dienone is 2. The van der Waals surface area contributed by atoms with Gasteiger partial charge in [-0.25, -0.2) is 8.42 Å². The normalized spacial score (nSPS) is 34.6. The largest absolute Gasteiger partial charge is 0.352 e. The summed E-state index contributed by atoms with van der Waals surface area (Å²) >= 11 is 0. The number of hydrogen-bond donors (Lipinski definition) is 1. The van der Waals surface area contributed by atoms with Crippen LogP contribution in [-0.2, 0) is 14.6 Å². The predicted molar refractivity (Wildman–Crippen MR) is 75.4 cm³/mol. The first-order valence-corrected chi connectivity index (χ1v) is 8.61. The highest BCUT2D eigenvalue weighted by molar-refractivity contribution is 7.91. The molecular weight excluding hydrogens is 262 g/mol. The van der Waals surface area contributed by atoms with Crippen LogP contribution in [0.25, 0.3) is 0 Å². The van der Waals surface area contributed by atoms with E-state index in [4.69, 9.17) is 0 Å². The van der Waals surface area contributed by atoms with Crippen LogP contribution in [0.15, 0.2) is 11.6 Å². The molecular formula is C14H23NO3S. The van der Waals surface area contributed by atoms with Crippen LogP contribution >= 0.6 is 0 Å². The first-order chi connectivity index (χ1) is 8.63. The molecule has 1 aliphatic heterocycles. The summed E-state index contributed by atoms with van der Waals surface area (Å²) in [6.07, 6.45) is 2.70. The maximum absolute atomic E-state index is 12.2. The Hall–Kier alpha value is -0.840. The van der Waals surface area contributed by atoms with Crippen molar-refractivity contribution >= 4 is 15.7 Å². The summed E-state index contributed by atoms with van der Waals surface area (Å²) in [7, 11) is -2.93. The van der Waals surface area contributed by atoms with E-state index in [1.54, 1.807) is 0 Å². The summed E-state index contributed by atoms with van der Waals surface area (Å²) in [4.78, 5) is 12.2. The van der Waals surface area contributed by atoms with Crippen molar-refractivity contribution < 1.29 is 13.2 Å². The molecule has 0 unspecified atom stereocenters. The molecule has 2 fully saturated rings. The number of carbonyl (C=O) groups is 1. The number of carbonyl (C=O) groups excluding carboxylic acids is 1. The Bertz CT molecular complexity index is 515. The number of hydrogen-bond acceptors (Lipinski definition) is 3. The van der Waals surface area contributed by atoms with Crippen molar-refractivity contribution in [2.75, 3.05) is 11.5 Å². The van der Waals surface area contributed by atoms with Gasteiger partial charge in [0.2, 0.25) is 5.91 Å². The zero-order chi connectivity index (χ0) is 14.4. The summed E-state index contributed by atoms with van der Waals surface area (Å²) in [6.45, 7) is 8.25. The molecule has 1 saturated heterocycles. The zero-order valence-corrected chi connectivity index (χ0v) is 12.9. The molecule has 1 aliphatic carbocycles. The molecule has 1 amide bonds. The quantitative estimate of drug-likeness (QED) is 0.800. The predicted octanol–water partition coefficient (Wildman–Crippen LogP) is 1.53. The second-order valence-electron chi connectivity index (χ2n) is 6.68. The average molecular weight is 285 g/mol. The molecule has 4 nitrogen and oxygen atoms in total. The SMILES string of the molecule is CC(C)=C[C@@H]1[C@H](C(=O)N[C@H]2CCS(=O)(=O)C2)C1(C)C. The van der Waals surface area contributed by atoms with Crippen molar-refractivity contribution in [1.82, 2.24) is 5.32 Å². The highest BCUT2D eigenvalue weighted by Gasteiger charge is 2.60. The summed E-state index contributed by atoms with van der Waals surface area (Å²) in [5, 5.41) is 2.91. The average Bonchev–Trinajstić information content (AvgIpc) is 2.59. The van der Waals surface area contributed by atoms with Crippen LogP contribution in [0.2, 0.25) is 0 Å². The van der Waals surface area contributed by atoms with Crippen LogP contribution < -0.4 is 5.32 Å². The minimum Gasteiger partial charge on any atom is -0.352 e. The van der Waals surface area contributed by atoms with Crippen LogP contribution in [0.3, 0.4) is 0 Å². The van der Waals surface area contributed by atoms with E-state index >= 15 is 0 Å². The maximum Gasteiger partial charge on any atom is 0.224 e. The highest BCUT2D eigenvalue weighted by Crippen LogP contribution is 2.59. The van der Waals surface area contributed by atoms with E-state index < -0.39 is 9.84 Å². The molecule has 0 radical (unpaired) electrons. The van der Waals surface area contributed by atoms with Gasteiger partial charge in [0.05, 0.1) is 17.4 Å². The van der Waals surface area contributed by atoms with E-state index in [2.05, 4.69) is 25.2 Å². The third-order valence-corrected chi connectivity index (χ3v) is 6.05. The zero-order valence-electron chi connectivity index (χ0n) is 12.1. The number of nitrogens with one attached hydrogen (secondary N) is 1. The first-order valence-electron chi connectivity index (χ1n) is 6.79. The smallest absolute Gasteiger partial charge is 0.224 e. The van der Waals surface area contributed by atoms with Gasteiger partial charge in [-0.1, -0.05) is 25.5 Å². The van der Waals surface area contributed by atoms with Crippen LogP contribution in [0.4, 0.5) is 0 Å². The third-order valence-electron chi connectivity index (χ3n) is 4.28. The number of sulfone groups is 1. The van der Waals surface area contributed by atoms with Crippen LogP contribution in [0, 0.1) is 17.3 Å². The number of rotatable bonds is 3. The highest BCUT2D eigenvalue weighted by atomic mass is 32.2. The lowest BCUT2D eigenvalue weighted by Gasteiger charge is -2.11. The fourth-order valence-corrected chi connectivity index (χ4v) is 4.72. The summed E-state index contributed by atoms with van der Waals surface area (Å²) in [5.41, 5.74) is 1.20. The Morgan fingerprint density at radius 3 is 2.42 bits per heavy atom. The van der Waals surface area contributed by atoms with Crippen molar-refractivity contribution in [3.8, 4) is 0 Å². The molecule has 19 heavy (non-hydrogen) atoms. The molecule has 0 bridgehead atoms. The van der Waals surface area contributed by atoms with Gasteiger partial charge in [0.15, 0.2) is 9.84 Å². The topological polar surface area (TPSA) is 63.2 Å². The summed E-state index contributed by atoms with van der Waals surface area (Å²) in [6, 6.07) is -0.193. The van der Waals surface area contributed by atoms with E-state index in [1.165, 1.54) is 5.57 Å². The molecule has 3 atom stereocenters. The lowest BCUT2D eigenvalue weighted by molar-refractivity contribution is -0.123. The van der Waals surface area contributed by atoms with Crippen LogP contribution in [0.1, 0.15) is 34.1 Å². The second-order valence-corrected chi connectivity index (χ2v) is 8.91. The molecule has 1 N–H and O–H groups in total. The minimum atomic E-state index is -2.93. The van der Waals surface area contributed by atoms with Gasteiger partial charge in [0.1, 0.15) is 0 Å². The van der Waals surface area contributed by atoms with Crippen molar-refractivity contribution in [2.45, 2.75) is 40.2 Å². The number of amides is 1. The molecule has 0 aromatic carbocycles. The van der Waals surface area contributed by atoms with Gasteiger partial charge in [0, 0.05) is 6.04 Å². The van der Waals surface area contributed by atoms with E-state index in [0.717, 1.165) is 0 Å².